The van der Waals surface area contributed by atoms with E-state index in [1.54, 1.807) is 18.0 Å². The number of nitrogens with zero attached hydrogens (tertiary/aromatic N) is 2. The minimum absolute atomic E-state index is 0.00391. The molecule has 1 saturated heterocycles. The van der Waals surface area contributed by atoms with E-state index in [0.717, 1.165) is 19.3 Å². The lowest BCUT2D eigenvalue weighted by Crippen LogP contribution is -2.49. The van der Waals surface area contributed by atoms with Gasteiger partial charge in [0, 0.05) is 19.6 Å². The van der Waals surface area contributed by atoms with E-state index in [2.05, 4.69) is 5.32 Å². The van der Waals surface area contributed by atoms with Gasteiger partial charge in [-0.1, -0.05) is 6.07 Å². The molecule has 1 unspecified atom stereocenters. The number of carbonyl (C=O) groups excluding carboxylic acids is 3. The highest BCUT2D eigenvalue weighted by atomic mass is 32.1. The van der Waals surface area contributed by atoms with E-state index in [0.29, 0.717) is 23.9 Å². The van der Waals surface area contributed by atoms with E-state index in [9.17, 15) is 14.4 Å². The van der Waals surface area contributed by atoms with E-state index in [4.69, 9.17) is 0 Å². The molecule has 0 spiro atoms. The summed E-state index contributed by atoms with van der Waals surface area (Å²) in [6.45, 7) is 0.590. The molecule has 3 rings (SSSR count). The molecule has 23 heavy (non-hydrogen) atoms. The van der Waals surface area contributed by atoms with E-state index < -0.39 is 0 Å². The van der Waals surface area contributed by atoms with Crippen LogP contribution in [0, 0.1) is 0 Å². The standard InChI is InChI=1S/C16H21N3O3S/c1-18(16(22)13-5-3-9-23-13)10-14(20)19-8-2-4-12(19)15(21)17-11-6-7-11/h3,5,9,11-12H,2,4,6-8,10H2,1H3,(H,17,21). The quantitative estimate of drug-likeness (QED) is 0.876. The second-order valence-electron chi connectivity index (χ2n) is 6.17. The third-order valence-corrected chi connectivity index (χ3v) is 5.11. The van der Waals surface area contributed by atoms with Gasteiger partial charge in [-0.2, -0.15) is 0 Å². The highest BCUT2D eigenvalue weighted by Gasteiger charge is 2.36. The second kappa shape index (κ2) is 6.70. The smallest absolute Gasteiger partial charge is 0.264 e. The van der Waals surface area contributed by atoms with E-state index >= 15 is 0 Å². The average Bonchev–Trinajstić information content (AvgIpc) is 3.04. The topological polar surface area (TPSA) is 69.7 Å². The molecule has 1 aromatic rings. The Balaban J connectivity index is 1.57. The monoisotopic (exact) mass is 335 g/mol. The molecule has 7 heteroatoms. The highest BCUT2D eigenvalue weighted by molar-refractivity contribution is 7.12. The van der Waals surface area contributed by atoms with Gasteiger partial charge in [0.05, 0.1) is 11.4 Å². The fourth-order valence-corrected chi connectivity index (χ4v) is 3.53. The van der Waals surface area contributed by atoms with Crippen molar-refractivity contribution in [1.29, 1.82) is 0 Å². The summed E-state index contributed by atoms with van der Waals surface area (Å²) in [5.74, 6) is -0.372. The van der Waals surface area contributed by atoms with E-state index in [1.807, 2.05) is 11.4 Å². The largest absolute Gasteiger partial charge is 0.352 e. The van der Waals surface area contributed by atoms with Gasteiger partial charge in [-0.15, -0.1) is 11.3 Å². The first-order valence-corrected chi connectivity index (χ1v) is 8.83. The molecule has 0 radical (unpaired) electrons. The molecule has 0 aromatic carbocycles. The summed E-state index contributed by atoms with van der Waals surface area (Å²) in [4.78, 5) is 40.6. The van der Waals surface area contributed by atoms with Crippen LogP contribution in [0.15, 0.2) is 17.5 Å². The van der Waals surface area contributed by atoms with Crippen LogP contribution >= 0.6 is 11.3 Å². The van der Waals surface area contributed by atoms with Crippen molar-refractivity contribution in [2.75, 3.05) is 20.1 Å². The summed E-state index contributed by atoms with van der Waals surface area (Å²) in [6, 6.07) is 3.47. The van der Waals surface area contributed by atoms with E-state index in [1.165, 1.54) is 16.2 Å². The molecule has 1 aromatic heterocycles. The first-order valence-electron chi connectivity index (χ1n) is 7.95. The first-order chi connectivity index (χ1) is 11.1. The van der Waals surface area contributed by atoms with Crippen LogP contribution in [0.2, 0.25) is 0 Å². The van der Waals surface area contributed by atoms with Gasteiger partial charge >= 0.3 is 0 Å². The summed E-state index contributed by atoms with van der Waals surface area (Å²) in [6.07, 6.45) is 3.60. The Morgan fingerprint density at radius 3 is 2.78 bits per heavy atom. The highest BCUT2D eigenvalue weighted by Crippen LogP contribution is 2.22. The van der Waals surface area contributed by atoms with Gasteiger partial charge in [0.2, 0.25) is 11.8 Å². The van der Waals surface area contributed by atoms with Crippen LogP contribution in [-0.2, 0) is 9.59 Å². The zero-order valence-corrected chi connectivity index (χ0v) is 14.0. The lowest BCUT2D eigenvalue weighted by Gasteiger charge is -2.26. The van der Waals surface area contributed by atoms with Crippen LogP contribution in [0.5, 0.6) is 0 Å². The third-order valence-electron chi connectivity index (χ3n) is 4.25. The summed E-state index contributed by atoms with van der Waals surface area (Å²) < 4.78 is 0. The predicted molar refractivity (Wildman–Crippen MR) is 87.2 cm³/mol. The summed E-state index contributed by atoms with van der Waals surface area (Å²) in [7, 11) is 1.62. The lowest BCUT2D eigenvalue weighted by molar-refractivity contribution is -0.138. The van der Waals surface area contributed by atoms with Gasteiger partial charge in [-0.05, 0) is 37.1 Å². The first kappa shape index (κ1) is 16.0. The number of rotatable bonds is 5. The number of hydrogen-bond donors (Lipinski definition) is 1. The fraction of sp³-hybridized carbons (Fsp3) is 0.562. The van der Waals surface area contributed by atoms with Gasteiger partial charge in [0.1, 0.15) is 6.04 Å². The van der Waals surface area contributed by atoms with Crippen molar-refractivity contribution in [1.82, 2.24) is 15.1 Å². The summed E-state index contributed by atoms with van der Waals surface area (Å²) >= 11 is 1.36. The maximum Gasteiger partial charge on any atom is 0.264 e. The van der Waals surface area contributed by atoms with Crippen molar-refractivity contribution < 1.29 is 14.4 Å². The normalized spacial score (nSPS) is 20.4. The summed E-state index contributed by atoms with van der Waals surface area (Å²) in [5, 5.41) is 4.80. The molecule has 1 saturated carbocycles. The van der Waals surface area contributed by atoms with Gasteiger partial charge in [-0.3, -0.25) is 14.4 Å². The molecule has 3 amide bonds. The van der Waals surface area contributed by atoms with Crippen molar-refractivity contribution in [3.63, 3.8) is 0 Å². The number of amides is 3. The van der Waals surface area contributed by atoms with Crippen LogP contribution < -0.4 is 5.32 Å². The lowest BCUT2D eigenvalue weighted by atomic mass is 10.2. The van der Waals surface area contributed by atoms with Crippen LogP contribution in [0.1, 0.15) is 35.4 Å². The Morgan fingerprint density at radius 1 is 1.35 bits per heavy atom. The number of thiophene rings is 1. The molecular weight excluding hydrogens is 314 g/mol. The Kier molecular flexibility index (Phi) is 4.66. The van der Waals surface area contributed by atoms with Crippen LogP contribution in [0.25, 0.3) is 0 Å². The minimum atomic E-state index is -0.381. The van der Waals surface area contributed by atoms with Crippen molar-refractivity contribution in [2.24, 2.45) is 0 Å². The Hall–Kier alpha value is -1.89. The summed E-state index contributed by atoms with van der Waals surface area (Å²) in [5.41, 5.74) is 0. The molecule has 1 aliphatic carbocycles. The molecule has 1 aliphatic heterocycles. The molecule has 2 fully saturated rings. The van der Waals surface area contributed by atoms with Gasteiger partial charge < -0.3 is 15.1 Å². The average molecular weight is 335 g/mol. The number of likely N-dealkylation sites (N-methyl/N-ethyl adjacent to an activating group) is 1. The molecular formula is C16H21N3O3S. The molecule has 1 N–H and O–H groups in total. The van der Waals surface area contributed by atoms with Crippen molar-refractivity contribution in [3.8, 4) is 0 Å². The Morgan fingerprint density at radius 2 is 2.13 bits per heavy atom. The van der Waals surface area contributed by atoms with Gasteiger partial charge in [-0.25, -0.2) is 0 Å². The van der Waals surface area contributed by atoms with Gasteiger partial charge in [0.25, 0.3) is 5.91 Å². The molecule has 124 valence electrons. The Bertz CT molecular complexity index is 598. The van der Waals surface area contributed by atoms with E-state index in [-0.39, 0.29) is 30.3 Å². The van der Waals surface area contributed by atoms with Crippen molar-refractivity contribution in [3.05, 3.63) is 22.4 Å². The molecule has 0 bridgehead atoms. The maximum atomic E-state index is 12.5. The number of hydrogen-bond acceptors (Lipinski definition) is 4. The molecule has 1 atom stereocenters. The third kappa shape index (κ3) is 3.72. The predicted octanol–water partition coefficient (Wildman–Crippen LogP) is 1.09. The minimum Gasteiger partial charge on any atom is -0.352 e. The number of likely N-dealkylation sites (tertiary alicyclic amines) is 1. The molecule has 2 heterocycles. The van der Waals surface area contributed by atoms with Crippen molar-refractivity contribution in [2.45, 2.75) is 37.8 Å². The van der Waals surface area contributed by atoms with Crippen LogP contribution in [0.4, 0.5) is 0 Å². The van der Waals surface area contributed by atoms with Crippen LogP contribution in [-0.4, -0.2) is 59.7 Å². The SMILES string of the molecule is CN(CC(=O)N1CCCC1C(=O)NC1CC1)C(=O)c1cccs1. The molecule has 6 nitrogen and oxygen atoms in total. The van der Waals surface area contributed by atoms with Crippen LogP contribution in [0.3, 0.4) is 0 Å². The second-order valence-corrected chi connectivity index (χ2v) is 7.11. The van der Waals surface area contributed by atoms with Gasteiger partial charge in [0.15, 0.2) is 0 Å². The zero-order chi connectivity index (χ0) is 16.4. The Labute approximate surface area is 139 Å². The number of carbonyl (C=O) groups is 3. The number of nitrogens with one attached hydrogen (secondary N) is 1. The maximum absolute atomic E-state index is 12.5. The molecule has 2 aliphatic rings. The van der Waals surface area contributed by atoms with Crippen molar-refractivity contribution >= 4 is 29.1 Å². The fourth-order valence-electron chi connectivity index (χ4n) is 2.82. The zero-order valence-electron chi connectivity index (χ0n) is 13.2.